The number of esters is 1. The number of amides is 1. The highest BCUT2D eigenvalue weighted by atomic mass is 16.5. The van der Waals surface area contributed by atoms with Gasteiger partial charge in [0.15, 0.2) is 6.61 Å². The van der Waals surface area contributed by atoms with Gasteiger partial charge in [-0.25, -0.2) is 0 Å². The van der Waals surface area contributed by atoms with Gasteiger partial charge in [-0.15, -0.1) is 0 Å². The average Bonchev–Trinajstić information content (AvgIpc) is 2.67. The van der Waals surface area contributed by atoms with Crippen LogP contribution in [0.25, 0.3) is 0 Å². The largest absolute Gasteiger partial charge is 0.496 e. The first-order valence-electron chi connectivity index (χ1n) is 8.24. The van der Waals surface area contributed by atoms with E-state index in [1.807, 2.05) is 31.2 Å². The molecule has 0 aromatic heterocycles. The maximum Gasteiger partial charge on any atom is 0.309 e. The summed E-state index contributed by atoms with van der Waals surface area (Å²) in [5.41, 5.74) is 1.72. The smallest absolute Gasteiger partial charge is 0.309 e. The minimum atomic E-state index is -0.302. The average molecular weight is 357 g/mol. The van der Waals surface area contributed by atoms with Gasteiger partial charge >= 0.3 is 5.97 Å². The number of nitrogens with one attached hydrogen (secondary N) is 1. The van der Waals surface area contributed by atoms with E-state index in [-0.39, 0.29) is 30.9 Å². The second-order valence-electron chi connectivity index (χ2n) is 5.72. The van der Waals surface area contributed by atoms with Crippen LogP contribution in [0.3, 0.4) is 0 Å². The van der Waals surface area contributed by atoms with Crippen molar-refractivity contribution in [2.24, 2.45) is 0 Å². The molecule has 0 aliphatic carbocycles. The third-order valence-corrected chi connectivity index (χ3v) is 3.85. The summed E-state index contributed by atoms with van der Waals surface area (Å²) in [7, 11) is 2.95. The number of benzene rings is 2. The summed E-state index contributed by atoms with van der Waals surface area (Å²) in [6.45, 7) is 1.78. The van der Waals surface area contributed by atoms with Gasteiger partial charge in [0.25, 0.3) is 5.91 Å². The molecule has 1 amide bonds. The molecule has 0 aliphatic heterocycles. The van der Waals surface area contributed by atoms with Crippen LogP contribution in [0, 0.1) is 0 Å². The Morgan fingerprint density at radius 1 is 1.04 bits per heavy atom. The first-order valence-corrected chi connectivity index (χ1v) is 8.24. The van der Waals surface area contributed by atoms with E-state index in [4.69, 9.17) is 9.47 Å². The second-order valence-corrected chi connectivity index (χ2v) is 5.72. The molecule has 0 fully saturated rings. The highest BCUT2D eigenvalue weighted by molar-refractivity contribution is 5.78. The molecule has 2 aromatic carbocycles. The van der Waals surface area contributed by atoms with Crippen molar-refractivity contribution in [1.82, 2.24) is 5.32 Å². The molecule has 0 unspecified atom stereocenters. The summed E-state index contributed by atoms with van der Waals surface area (Å²) in [4.78, 5) is 23.3. The van der Waals surface area contributed by atoms with Crippen LogP contribution in [0.2, 0.25) is 0 Å². The molecule has 0 aliphatic rings. The normalized spacial score (nSPS) is 11.3. The maximum absolute atomic E-state index is 12.1. The lowest BCUT2D eigenvalue weighted by Crippen LogP contribution is -2.31. The molecule has 138 valence electrons. The van der Waals surface area contributed by atoms with Crippen molar-refractivity contribution in [2.75, 3.05) is 20.8 Å². The van der Waals surface area contributed by atoms with E-state index in [1.165, 1.54) is 7.11 Å². The molecule has 2 aromatic rings. The van der Waals surface area contributed by atoms with Gasteiger partial charge in [-0.3, -0.25) is 9.59 Å². The predicted molar refractivity (Wildman–Crippen MR) is 97.2 cm³/mol. The Balaban J connectivity index is 1.85. The van der Waals surface area contributed by atoms with Gasteiger partial charge < -0.3 is 19.5 Å². The van der Waals surface area contributed by atoms with Crippen molar-refractivity contribution in [3.63, 3.8) is 0 Å². The van der Waals surface area contributed by atoms with Crippen LogP contribution in [-0.2, 0) is 20.7 Å². The fourth-order valence-electron chi connectivity index (χ4n) is 2.48. The quantitative estimate of drug-likeness (QED) is 0.735. The molecule has 1 N–H and O–H groups in total. The second kappa shape index (κ2) is 9.46. The minimum absolute atomic E-state index is 0.101. The molecule has 0 spiro atoms. The Hall–Kier alpha value is -3.02. The molecular weight excluding hydrogens is 334 g/mol. The van der Waals surface area contributed by atoms with E-state index in [0.717, 1.165) is 16.9 Å². The van der Waals surface area contributed by atoms with E-state index in [2.05, 4.69) is 10.1 Å². The van der Waals surface area contributed by atoms with Crippen molar-refractivity contribution >= 4 is 11.9 Å². The Morgan fingerprint density at radius 2 is 1.73 bits per heavy atom. The first-order chi connectivity index (χ1) is 12.5. The molecule has 26 heavy (non-hydrogen) atoms. The van der Waals surface area contributed by atoms with Gasteiger partial charge in [-0.1, -0.05) is 30.3 Å². The lowest BCUT2D eigenvalue weighted by molar-refractivity contribution is -0.139. The molecule has 0 saturated carbocycles. The fraction of sp³-hybridized carbons (Fsp3) is 0.300. The summed E-state index contributed by atoms with van der Waals surface area (Å²) in [5, 5.41) is 2.88. The molecule has 0 bridgehead atoms. The highest BCUT2D eigenvalue weighted by Gasteiger charge is 2.14. The van der Waals surface area contributed by atoms with E-state index >= 15 is 0 Å². The zero-order chi connectivity index (χ0) is 18.9. The summed E-state index contributed by atoms with van der Waals surface area (Å²) in [6, 6.07) is 14.3. The number of hydrogen-bond acceptors (Lipinski definition) is 5. The van der Waals surface area contributed by atoms with Crippen LogP contribution in [0.15, 0.2) is 48.5 Å². The van der Waals surface area contributed by atoms with Gasteiger partial charge in [0.1, 0.15) is 11.5 Å². The Morgan fingerprint density at radius 3 is 2.38 bits per heavy atom. The molecule has 0 radical (unpaired) electrons. The SMILES string of the molecule is COC(=O)Cc1ccc(OCC(=O)N[C@H](C)c2ccccc2OC)cc1. The van der Waals surface area contributed by atoms with Gasteiger partial charge in [-0.2, -0.15) is 0 Å². The Labute approximate surface area is 153 Å². The highest BCUT2D eigenvalue weighted by Crippen LogP contribution is 2.24. The Kier molecular flexibility index (Phi) is 7.02. The molecule has 6 nitrogen and oxygen atoms in total. The van der Waals surface area contributed by atoms with E-state index in [1.54, 1.807) is 31.4 Å². The first kappa shape index (κ1) is 19.3. The molecular formula is C20H23NO5. The van der Waals surface area contributed by atoms with Crippen molar-refractivity contribution in [2.45, 2.75) is 19.4 Å². The van der Waals surface area contributed by atoms with Crippen LogP contribution in [0.5, 0.6) is 11.5 Å². The maximum atomic E-state index is 12.1. The van der Waals surface area contributed by atoms with E-state index < -0.39 is 0 Å². The number of methoxy groups -OCH3 is 2. The zero-order valence-corrected chi connectivity index (χ0v) is 15.2. The number of carbonyl (C=O) groups is 2. The van der Waals surface area contributed by atoms with Gasteiger partial charge in [0.2, 0.25) is 0 Å². The number of hydrogen-bond donors (Lipinski definition) is 1. The van der Waals surface area contributed by atoms with E-state index in [9.17, 15) is 9.59 Å². The van der Waals surface area contributed by atoms with Crippen molar-refractivity contribution in [3.05, 3.63) is 59.7 Å². The molecule has 0 saturated heterocycles. The van der Waals surface area contributed by atoms with Crippen LogP contribution in [0.1, 0.15) is 24.1 Å². The van der Waals surface area contributed by atoms with Gasteiger partial charge in [-0.05, 0) is 30.7 Å². The molecule has 0 heterocycles. The van der Waals surface area contributed by atoms with Crippen molar-refractivity contribution < 1.29 is 23.8 Å². The van der Waals surface area contributed by atoms with Gasteiger partial charge in [0, 0.05) is 5.56 Å². The van der Waals surface area contributed by atoms with E-state index in [0.29, 0.717) is 5.75 Å². The predicted octanol–water partition coefficient (Wildman–Crippen LogP) is 2.67. The van der Waals surface area contributed by atoms with Crippen LogP contribution in [0.4, 0.5) is 0 Å². The summed E-state index contributed by atoms with van der Waals surface area (Å²) in [5.74, 6) is 0.742. The molecule has 1 atom stereocenters. The fourth-order valence-corrected chi connectivity index (χ4v) is 2.48. The summed E-state index contributed by atoms with van der Waals surface area (Å²) < 4.78 is 15.4. The Bertz CT molecular complexity index is 742. The number of para-hydroxylation sites is 1. The van der Waals surface area contributed by atoms with Crippen molar-refractivity contribution in [1.29, 1.82) is 0 Å². The number of rotatable bonds is 8. The van der Waals surface area contributed by atoms with Crippen LogP contribution >= 0.6 is 0 Å². The van der Waals surface area contributed by atoms with Gasteiger partial charge in [0.05, 0.1) is 26.7 Å². The molecule has 2 rings (SSSR count). The number of ether oxygens (including phenoxy) is 3. The lowest BCUT2D eigenvalue weighted by Gasteiger charge is -2.17. The van der Waals surface area contributed by atoms with Crippen LogP contribution < -0.4 is 14.8 Å². The number of carbonyl (C=O) groups excluding carboxylic acids is 2. The standard InChI is InChI=1S/C20H23NO5/c1-14(17-6-4-5-7-18(17)24-2)21-19(22)13-26-16-10-8-15(9-11-16)12-20(23)25-3/h4-11,14H,12-13H2,1-3H3,(H,21,22)/t14-/m1/s1. The minimum Gasteiger partial charge on any atom is -0.496 e. The molecule has 6 heteroatoms. The summed E-state index contributed by atoms with van der Waals surface area (Å²) >= 11 is 0. The summed E-state index contributed by atoms with van der Waals surface area (Å²) in [6.07, 6.45) is 0.202. The third kappa shape index (κ3) is 5.51. The van der Waals surface area contributed by atoms with Crippen molar-refractivity contribution in [3.8, 4) is 11.5 Å². The van der Waals surface area contributed by atoms with Crippen LogP contribution in [-0.4, -0.2) is 32.7 Å². The third-order valence-electron chi connectivity index (χ3n) is 3.85. The lowest BCUT2D eigenvalue weighted by atomic mass is 10.1. The monoisotopic (exact) mass is 357 g/mol. The topological polar surface area (TPSA) is 73.9 Å². The zero-order valence-electron chi connectivity index (χ0n) is 15.2.